The monoisotopic (exact) mass is 870 g/mol. The molecule has 0 aliphatic carbocycles. The van der Waals surface area contributed by atoms with Crippen LogP contribution >= 0.6 is 7.92 Å². The van der Waals surface area contributed by atoms with Crippen molar-refractivity contribution in [3.05, 3.63) is 72.8 Å². The molecule has 19 heteroatoms. The number of hydrogen-bond donors (Lipinski definition) is 1. The minimum absolute atomic E-state index is 0.141. The average Bonchev–Trinajstić information content (AvgIpc) is 3.11. The molecule has 0 aliphatic rings. The normalized spacial score (nSPS) is 13.7. The van der Waals surface area contributed by atoms with E-state index in [0.29, 0.717) is 0 Å². The lowest BCUT2D eigenvalue weighted by molar-refractivity contribution is -0.425. The summed E-state index contributed by atoms with van der Waals surface area (Å²) < 4.78 is 188. The van der Waals surface area contributed by atoms with E-state index in [1.54, 1.807) is 0 Å². The van der Waals surface area contributed by atoms with Gasteiger partial charge in [-0.1, -0.05) is 56.2 Å². The highest BCUT2D eigenvalue weighted by atomic mass is 31.1. The van der Waals surface area contributed by atoms with E-state index in [9.17, 15) is 61.9 Å². The predicted molar refractivity (Wildman–Crippen MR) is 194 cm³/mol. The van der Waals surface area contributed by atoms with E-state index in [1.165, 1.54) is 22.8 Å². The second-order valence-electron chi connectivity index (χ2n) is 13.7. The molecule has 326 valence electrons. The number of carbonyl (C=O) groups is 1. The van der Waals surface area contributed by atoms with E-state index in [2.05, 4.69) is 72.8 Å². The molecule has 0 spiro atoms. The van der Waals surface area contributed by atoms with Gasteiger partial charge in [-0.05, 0) is 108 Å². The molecule has 0 aromatic heterocycles. The van der Waals surface area contributed by atoms with Gasteiger partial charge in [-0.25, -0.2) is 9.18 Å². The lowest BCUT2D eigenvalue weighted by Gasteiger charge is -2.41. The number of carboxylic acids is 1. The minimum Gasteiger partial charge on any atom is -0.491 e. The third-order valence-electron chi connectivity index (χ3n) is 7.87. The Hall–Kier alpha value is -3.95. The first-order valence-corrected chi connectivity index (χ1v) is 19.1. The van der Waals surface area contributed by atoms with Gasteiger partial charge in [0.1, 0.15) is 17.2 Å². The van der Waals surface area contributed by atoms with Crippen molar-refractivity contribution in [2.75, 3.05) is 0 Å². The van der Waals surface area contributed by atoms with Gasteiger partial charge in [0, 0.05) is 0 Å². The molecule has 0 radical (unpaired) electrons. The minimum atomic E-state index is -8.01. The SMILES string of the molecule is CC(C)Oc1ccc(P(c2ccc(OC(C)C)cc2)c2ccc(OC(C)C)cc2)cc1.CCCCC(F)C(F)(F)C(F)(F)C(F)(F)C(F)(F)C(F)(F)C(F)(F)C(=O)O. The number of carboxylic acid groups (broad SMARTS) is 1. The van der Waals surface area contributed by atoms with Gasteiger partial charge in [0.05, 0.1) is 18.3 Å². The molecule has 1 N–H and O–H groups in total. The maximum absolute atomic E-state index is 13.3. The third kappa shape index (κ3) is 11.0. The van der Waals surface area contributed by atoms with Crippen molar-refractivity contribution in [2.45, 2.75) is 128 Å². The van der Waals surface area contributed by atoms with Crippen LogP contribution in [0.25, 0.3) is 0 Å². The zero-order valence-corrected chi connectivity index (χ0v) is 33.2. The van der Waals surface area contributed by atoms with Gasteiger partial charge in [-0.15, -0.1) is 0 Å². The third-order valence-corrected chi connectivity index (χ3v) is 10.3. The van der Waals surface area contributed by atoms with Crippen molar-refractivity contribution in [3.8, 4) is 17.2 Å². The van der Waals surface area contributed by atoms with Crippen LogP contribution < -0.4 is 30.1 Å². The van der Waals surface area contributed by atoms with Crippen LogP contribution in [0.5, 0.6) is 17.2 Å². The van der Waals surface area contributed by atoms with Gasteiger partial charge in [-0.2, -0.15) is 52.7 Å². The summed E-state index contributed by atoms with van der Waals surface area (Å²) in [6, 6.07) is 25.5. The van der Waals surface area contributed by atoms with Crippen LogP contribution in [0.15, 0.2) is 72.8 Å². The van der Waals surface area contributed by atoms with Gasteiger partial charge in [0.15, 0.2) is 6.17 Å². The quantitative estimate of drug-likeness (QED) is 0.0960. The molecule has 0 bridgehead atoms. The molecule has 3 rings (SSSR count). The number of unbranched alkanes of at least 4 members (excludes halogenated alkanes) is 1. The highest BCUT2D eigenvalue weighted by Gasteiger charge is 2.91. The molecule has 0 saturated carbocycles. The zero-order chi connectivity index (χ0) is 44.7. The summed E-state index contributed by atoms with van der Waals surface area (Å²) >= 11 is 0. The number of alkyl halides is 13. The number of aliphatic carboxylic acids is 1. The van der Waals surface area contributed by atoms with Gasteiger partial charge >= 0.3 is 41.5 Å². The van der Waals surface area contributed by atoms with E-state index in [0.717, 1.165) is 17.2 Å². The summed E-state index contributed by atoms with van der Waals surface area (Å²) in [5.74, 6) is -46.5. The largest absolute Gasteiger partial charge is 0.491 e. The van der Waals surface area contributed by atoms with Crippen molar-refractivity contribution >= 4 is 29.8 Å². The van der Waals surface area contributed by atoms with E-state index >= 15 is 0 Å². The first-order chi connectivity index (χ1) is 26.5. The van der Waals surface area contributed by atoms with Crippen molar-refractivity contribution in [3.63, 3.8) is 0 Å². The molecule has 1 unspecified atom stereocenters. The number of rotatable bonds is 19. The summed E-state index contributed by atoms with van der Waals surface area (Å²) in [7, 11) is -0.711. The van der Waals surface area contributed by atoms with Crippen molar-refractivity contribution in [1.82, 2.24) is 0 Å². The number of ether oxygens (including phenoxy) is 3. The predicted octanol–water partition coefficient (Wildman–Crippen LogP) is 11.2. The topological polar surface area (TPSA) is 65.0 Å². The van der Waals surface area contributed by atoms with E-state index < -0.39 is 68.4 Å². The highest BCUT2D eigenvalue weighted by Crippen LogP contribution is 2.61. The average molecular weight is 871 g/mol. The fraction of sp³-hybridized carbons (Fsp3) is 0.513. The molecular weight excluding hydrogens is 826 g/mol. The summed E-state index contributed by atoms with van der Waals surface area (Å²) in [6.07, 6.45) is -6.07. The Labute approximate surface area is 328 Å². The molecule has 0 amide bonds. The van der Waals surface area contributed by atoms with Crippen LogP contribution in [0.1, 0.15) is 67.7 Å². The lowest BCUT2D eigenvalue weighted by atomic mass is 9.89. The molecular formula is C39H44F13O5P. The first-order valence-electron chi connectivity index (χ1n) is 17.7. The second kappa shape index (κ2) is 19.4. The standard InChI is InChI=1S/C27H33O3P.C12H11F13O2/c1-19(2)28-22-7-13-25(14-8-22)31(26-15-9-23(10-16-26)29-20(3)4)27-17-11-24(12-18-27)30-21(5)6;1-2-3-4-5(13)7(14,15)9(18,19)11(22,23)12(24,25)10(20,21)8(16,17)6(26)27/h7-21H,1-6H3;5H,2-4H2,1H3,(H,26,27). The summed E-state index contributed by atoms with van der Waals surface area (Å²) in [6.45, 7) is 13.5. The Morgan fingerprint density at radius 2 is 0.845 bits per heavy atom. The maximum atomic E-state index is 13.3. The smallest absolute Gasteiger partial charge is 0.410 e. The van der Waals surface area contributed by atoms with Crippen molar-refractivity contribution in [1.29, 1.82) is 0 Å². The van der Waals surface area contributed by atoms with Crippen molar-refractivity contribution < 1.29 is 81.2 Å². The lowest BCUT2D eigenvalue weighted by Crippen LogP contribution is -2.72. The van der Waals surface area contributed by atoms with E-state index in [1.807, 2.05) is 41.5 Å². The summed E-state index contributed by atoms with van der Waals surface area (Å²) in [4.78, 5) is 9.91. The van der Waals surface area contributed by atoms with Crippen LogP contribution in [-0.2, 0) is 4.79 Å². The maximum Gasteiger partial charge on any atom is 0.410 e. The first kappa shape index (κ1) is 50.2. The molecule has 1 atom stereocenters. The van der Waals surface area contributed by atoms with Gasteiger partial charge < -0.3 is 19.3 Å². The molecule has 0 aliphatic heterocycles. The molecule has 58 heavy (non-hydrogen) atoms. The molecule has 5 nitrogen and oxygen atoms in total. The fourth-order valence-corrected chi connectivity index (χ4v) is 7.22. The Morgan fingerprint density at radius 1 is 0.552 bits per heavy atom. The van der Waals surface area contributed by atoms with E-state index in [-0.39, 0.29) is 24.7 Å². The summed E-state index contributed by atoms with van der Waals surface area (Å²) in [5.41, 5.74) is 0. The number of halogens is 13. The Bertz CT molecular complexity index is 1610. The zero-order valence-electron chi connectivity index (χ0n) is 32.3. The van der Waals surface area contributed by atoms with Crippen LogP contribution in [0.4, 0.5) is 57.1 Å². The van der Waals surface area contributed by atoms with Gasteiger partial charge in [0.2, 0.25) is 0 Å². The van der Waals surface area contributed by atoms with Crippen molar-refractivity contribution in [2.24, 2.45) is 0 Å². The van der Waals surface area contributed by atoms with E-state index in [4.69, 9.17) is 19.3 Å². The van der Waals surface area contributed by atoms with Crippen LogP contribution in [0, 0.1) is 0 Å². The number of benzene rings is 3. The second-order valence-corrected chi connectivity index (χ2v) is 15.9. The molecule has 0 saturated heterocycles. The number of hydrogen-bond acceptors (Lipinski definition) is 4. The molecule has 0 fully saturated rings. The summed E-state index contributed by atoms with van der Waals surface area (Å²) in [5, 5.41) is 11.6. The van der Waals surface area contributed by atoms with Gasteiger partial charge in [0.25, 0.3) is 0 Å². The molecule has 3 aromatic rings. The van der Waals surface area contributed by atoms with Crippen LogP contribution in [0.3, 0.4) is 0 Å². The Kier molecular flexibility index (Phi) is 16.8. The Morgan fingerprint density at radius 3 is 1.10 bits per heavy atom. The van der Waals surface area contributed by atoms with Crippen LogP contribution in [0.2, 0.25) is 0 Å². The van der Waals surface area contributed by atoms with Gasteiger partial charge in [-0.3, -0.25) is 0 Å². The fourth-order valence-electron chi connectivity index (χ4n) is 4.98. The Balaban J connectivity index is 0.000000405. The molecule has 0 heterocycles. The highest BCUT2D eigenvalue weighted by molar-refractivity contribution is 7.79. The molecule has 3 aromatic carbocycles. The van der Waals surface area contributed by atoms with Crippen LogP contribution in [-0.4, -0.2) is 71.1 Å².